The Morgan fingerprint density at radius 2 is 1.72 bits per heavy atom. The van der Waals surface area contributed by atoms with Gasteiger partial charge in [-0.1, -0.05) is 30.3 Å². The van der Waals surface area contributed by atoms with E-state index in [0.717, 1.165) is 17.1 Å². The summed E-state index contributed by atoms with van der Waals surface area (Å²) in [6, 6.07) is 17.3. The first-order chi connectivity index (χ1) is 8.74. The van der Waals surface area contributed by atoms with Crippen molar-refractivity contribution in [2.45, 2.75) is 12.8 Å². The van der Waals surface area contributed by atoms with Crippen molar-refractivity contribution in [2.75, 3.05) is 0 Å². The molecule has 18 heavy (non-hydrogen) atoms. The minimum Gasteiger partial charge on any atom is -0.457 e. The molecule has 2 aromatic carbocycles. The van der Waals surface area contributed by atoms with Crippen molar-refractivity contribution in [3.05, 3.63) is 60.2 Å². The van der Waals surface area contributed by atoms with Gasteiger partial charge >= 0.3 is 0 Å². The molecule has 2 aromatic rings. The summed E-state index contributed by atoms with van der Waals surface area (Å²) in [6.07, 6.45) is 0.996. The standard InChI is InChI=1S/C15H15NO2/c16-15(17)10-9-12-5-4-8-14(11-12)18-13-6-2-1-3-7-13/h1-8,11H,9-10H2,(H2,16,17). The van der Waals surface area contributed by atoms with Crippen molar-refractivity contribution in [3.63, 3.8) is 0 Å². The monoisotopic (exact) mass is 241 g/mol. The van der Waals surface area contributed by atoms with Crippen LogP contribution in [0.15, 0.2) is 54.6 Å². The van der Waals surface area contributed by atoms with E-state index in [2.05, 4.69) is 0 Å². The maximum absolute atomic E-state index is 10.7. The summed E-state index contributed by atoms with van der Waals surface area (Å²) in [4.78, 5) is 10.7. The van der Waals surface area contributed by atoms with Gasteiger partial charge in [0, 0.05) is 6.42 Å². The fraction of sp³-hybridized carbons (Fsp3) is 0.133. The molecule has 0 saturated carbocycles. The first-order valence-electron chi connectivity index (χ1n) is 5.84. The predicted octanol–water partition coefficient (Wildman–Crippen LogP) is 2.90. The summed E-state index contributed by atoms with van der Waals surface area (Å²) in [6.45, 7) is 0. The van der Waals surface area contributed by atoms with E-state index in [1.165, 1.54) is 0 Å². The van der Waals surface area contributed by atoms with Gasteiger partial charge in [-0.25, -0.2) is 0 Å². The Bertz CT molecular complexity index is 523. The van der Waals surface area contributed by atoms with E-state index >= 15 is 0 Å². The van der Waals surface area contributed by atoms with E-state index in [9.17, 15) is 4.79 Å². The average molecular weight is 241 g/mol. The molecule has 2 rings (SSSR count). The summed E-state index contributed by atoms with van der Waals surface area (Å²) in [7, 11) is 0. The lowest BCUT2D eigenvalue weighted by atomic mass is 10.1. The normalized spacial score (nSPS) is 10.0. The van der Waals surface area contributed by atoms with E-state index in [0.29, 0.717) is 12.8 Å². The fourth-order valence-electron chi connectivity index (χ4n) is 1.66. The van der Waals surface area contributed by atoms with Crippen molar-refractivity contribution in [1.29, 1.82) is 0 Å². The quantitative estimate of drug-likeness (QED) is 0.875. The zero-order valence-corrected chi connectivity index (χ0v) is 10.0. The Kier molecular flexibility index (Phi) is 3.97. The number of aryl methyl sites for hydroxylation is 1. The molecule has 0 saturated heterocycles. The molecule has 0 aromatic heterocycles. The van der Waals surface area contributed by atoms with E-state index in [1.807, 2.05) is 54.6 Å². The number of hydrogen-bond acceptors (Lipinski definition) is 2. The van der Waals surface area contributed by atoms with Gasteiger partial charge in [-0.3, -0.25) is 4.79 Å². The third kappa shape index (κ3) is 3.63. The van der Waals surface area contributed by atoms with Crippen LogP contribution in [0.25, 0.3) is 0 Å². The summed E-state index contributed by atoms with van der Waals surface area (Å²) in [5.74, 6) is 1.28. The number of amides is 1. The lowest BCUT2D eigenvalue weighted by Gasteiger charge is -2.07. The SMILES string of the molecule is NC(=O)CCc1cccc(Oc2ccccc2)c1. The smallest absolute Gasteiger partial charge is 0.217 e. The number of para-hydroxylation sites is 1. The predicted molar refractivity (Wildman–Crippen MR) is 70.5 cm³/mol. The third-order valence-corrected chi connectivity index (χ3v) is 2.54. The maximum atomic E-state index is 10.7. The first kappa shape index (κ1) is 12.2. The molecule has 92 valence electrons. The number of nitrogens with two attached hydrogens (primary N) is 1. The van der Waals surface area contributed by atoms with Gasteiger partial charge in [0.05, 0.1) is 0 Å². The Balaban J connectivity index is 2.05. The highest BCUT2D eigenvalue weighted by molar-refractivity contribution is 5.74. The molecular weight excluding hydrogens is 226 g/mol. The van der Waals surface area contributed by atoms with E-state index < -0.39 is 0 Å². The lowest BCUT2D eigenvalue weighted by Crippen LogP contribution is -2.11. The fourth-order valence-corrected chi connectivity index (χ4v) is 1.66. The molecular formula is C15H15NO2. The van der Waals surface area contributed by atoms with Gasteiger partial charge in [0.25, 0.3) is 0 Å². The minimum atomic E-state index is -0.288. The summed E-state index contributed by atoms with van der Waals surface area (Å²) < 4.78 is 5.71. The largest absolute Gasteiger partial charge is 0.457 e. The van der Waals surface area contributed by atoms with Crippen LogP contribution >= 0.6 is 0 Å². The van der Waals surface area contributed by atoms with E-state index in [-0.39, 0.29) is 5.91 Å². The number of ether oxygens (including phenoxy) is 1. The number of carbonyl (C=O) groups excluding carboxylic acids is 1. The highest BCUT2D eigenvalue weighted by Crippen LogP contribution is 2.22. The van der Waals surface area contributed by atoms with Crippen LogP contribution in [0.5, 0.6) is 11.5 Å². The molecule has 1 amide bonds. The molecule has 0 heterocycles. The van der Waals surface area contributed by atoms with Crippen molar-refractivity contribution in [2.24, 2.45) is 5.73 Å². The summed E-state index contributed by atoms with van der Waals surface area (Å²) in [5, 5.41) is 0. The van der Waals surface area contributed by atoms with Gasteiger partial charge in [-0.05, 0) is 36.2 Å². The molecule has 0 atom stereocenters. The molecule has 2 N–H and O–H groups in total. The number of hydrogen-bond donors (Lipinski definition) is 1. The van der Waals surface area contributed by atoms with Gasteiger partial charge in [0.15, 0.2) is 0 Å². The van der Waals surface area contributed by atoms with Crippen molar-refractivity contribution < 1.29 is 9.53 Å². The highest BCUT2D eigenvalue weighted by atomic mass is 16.5. The van der Waals surface area contributed by atoms with Crippen LogP contribution in [0.2, 0.25) is 0 Å². The second-order valence-electron chi connectivity index (χ2n) is 4.03. The molecule has 0 aliphatic carbocycles. The van der Waals surface area contributed by atoms with Crippen LogP contribution in [-0.4, -0.2) is 5.91 Å². The molecule has 0 aliphatic heterocycles. The van der Waals surface area contributed by atoms with Crippen molar-refractivity contribution in [3.8, 4) is 11.5 Å². The third-order valence-electron chi connectivity index (χ3n) is 2.54. The first-order valence-corrected chi connectivity index (χ1v) is 5.84. The van der Waals surface area contributed by atoms with Crippen molar-refractivity contribution >= 4 is 5.91 Å². The van der Waals surface area contributed by atoms with Gasteiger partial charge < -0.3 is 10.5 Å². The second kappa shape index (κ2) is 5.87. The minimum absolute atomic E-state index is 0.288. The zero-order chi connectivity index (χ0) is 12.8. The number of carbonyl (C=O) groups is 1. The summed E-state index contributed by atoms with van der Waals surface area (Å²) >= 11 is 0. The number of rotatable bonds is 5. The molecule has 0 aliphatic rings. The second-order valence-corrected chi connectivity index (χ2v) is 4.03. The summed E-state index contributed by atoms with van der Waals surface area (Å²) in [5.41, 5.74) is 6.18. The average Bonchev–Trinajstić information content (AvgIpc) is 2.38. The van der Waals surface area contributed by atoms with E-state index in [4.69, 9.17) is 10.5 Å². The van der Waals surface area contributed by atoms with Gasteiger partial charge in [-0.15, -0.1) is 0 Å². The van der Waals surface area contributed by atoms with Gasteiger partial charge in [-0.2, -0.15) is 0 Å². The van der Waals surface area contributed by atoms with Crippen LogP contribution in [-0.2, 0) is 11.2 Å². The van der Waals surface area contributed by atoms with Crippen LogP contribution < -0.4 is 10.5 Å². The molecule has 0 unspecified atom stereocenters. The molecule has 0 radical (unpaired) electrons. The van der Waals surface area contributed by atoms with Gasteiger partial charge in [0.2, 0.25) is 5.91 Å². The molecule has 0 spiro atoms. The highest BCUT2D eigenvalue weighted by Gasteiger charge is 2.00. The Labute approximate surface area is 106 Å². The van der Waals surface area contributed by atoms with Crippen molar-refractivity contribution in [1.82, 2.24) is 0 Å². The van der Waals surface area contributed by atoms with Crippen LogP contribution in [0.3, 0.4) is 0 Å². The Hall–Kier alpha value is -2.29. The van der Waals surface area contributed by atoms with Crippen LogP contribution in [0.4, 0.5) is 0 Å². The molecule has 0 bridgehead atoms. The molecule has 0 fully saturated rings. The zero-order valence-electron chi connectivity index (χ0n) is 10.0. The van der Waals surface area contributed by atoms with Crippen LogP contribution in [0.1, 0.15) is 12.0 Å². The Morgan fingerprint density at radius 3 is 2.44 bits per heavy atom. The molecule has 3 heteroatoms. The topological polar surface area (TPSA) is 52.3 Å². The van der Waals surface area contributed by atoms with E-state index in [1.54, 1.807) is 0 Å². The maximum Gasteiger partial charge on any atom is 0.217 e. The number of primary amides is 1. The Morgan fingerprint density at radius 1 is 1.00 bits per heavy atom. The van der Waals surface area contributed by atoms with Gasteiger partial charge in [0.1, 0.15) is 11.5 Å². The lowest BCUT2D eigenvalue weighted by molar-refractivity contribution is -0.117. The molecule has 3 nitrogen and oxygen atoms in total. The van der Waals surface area contributed by atoms with Crippen LogP contribution in [0, 0.1) is 0 Å². The number of benzene rings is 2.